The number of piperidine rings is 1. The van der Waals surface area contributed by atoms with Gasteiger partial charge in [0.15, 0.2) is 0 Å². The van der Waals surface area contributed by atoms with E-state index in [9.17, 15) is 4.79 Å². The lowest BCUT2D eigenvalue weighted by atomic mass is 10.2. The van der Waals surface area contributed by atoms with Crippen molar-refractivity contribution in [1.82, 2.24) is 10.4 Å². The third-order valence-corrected chi connectivity index (χ3v) is 2.19. The zero-order valence-corrected chi connectivity index (χ0v) is 9.08. The molecule has 0 aromatic carbocycles. The van der Waals surface area contributed by atoms with E-state index in [1.165, 1.54) is 19.3 Å². The molecule has 14 heavy (non-hydrogen) atoms. The minimum absolute atomic E-state index is 0.0411. The summed E-state index contributed by atoms with van der Waals surface area (Å²) >= 11 is 0. The van der Waals surface area contributed by atoms with Crippen molar-refractivity contribution in [2.24, 2.45) is 0 Å². The summed E-state index contributed by atoms with van der Waals surface area (Å²) in [7, 11) is 0. The number of hydrogen-bond acceptors (Lipinski definition) is 3. The van der Waals surface area contributed by atoms with Gasteiger partial charge in [-0.05, 0) is 26.7 Å². The topological polar surface area (TPSA) is 41.6 Å². The van der Waals surface area contributed by atoms with Crippen molar-refractivity contribution in [2.75, 3.05) is 19.7 Å². The van der Waals surface area contributed by atoms with E-state index in [4.69, 9.17) is 4.74 Å². The fourth-order valence-corrected chi connectivity index (χ4v) is 1.46. The predicted molar refractivity (Wildman–Crippen MR) is 54.7 cm³/mol. The number of rotatable bonds is 4. The second kappa shape index (κ2) is 5.98. The van der Waals surface area contributed by atoms with Gasteiger partial charge in [0, 0.05) is 13.1 Å². The lowest BCUT2D eigenvalue weighted by Crippen LogP contribution is -2.46. The molecule has 1 rings (SSSR count). The molecule has 1 fully saturated rings. The van der Waals surface area contributed by atoms with Crippen LogP contribution in [0.4, 0.5) is 0 Å². The van der Waals surface area contributed by atoms with Crippen LogP contribution in [0.2, 0.25) is 0 Å². The van der Waals surface area contributed by atoms with Gasteiger partial charge in [0.25, 0.3) is 5.91 Å². The molecule has 0 aromatic rings. The van der Waals surface area contributed by atoms with Gasteiger partial charge in [-0.15, -0.1) is 0 Å². The molecule has 0 spiro atoms. The van der Waals surface area contributed by atoms with Crippen LogP contribution in [-0.4, -0.2) is 36.7 Å². The van der Waals surface area contributed by atoms with E-state index in [0.29, 0.717) is 0 Å². The van der Waals surface area contributed by atoms with Crippen molar-refractivity contribution in [3.63, 3.8) is 0 Å². The highest BCUT2D eigenvalue weighted by atomic mass is 16.5. The molecule has 1 amide bonds. The third kappa shape index (κ3) is 4.58. The fraction of sp³-hybridized carbons (Fsp3) is 0.900. The minimum Gasteiger partial charge on any atom is -0.369 e. The van der Waals surface area contributed by atoms with E-state index >= 15 is 0 Å². The maximum Gasteiger partial charge on any atom is 0.260 e. The van der Waals surface area contributed by atoms with Crippen LogP contribution in [0.5, 0.6) is 0 Å². The Morgan fingerprint density at radius 3 is 2.57 bits per heavy atom. The zero-order valence-electron chi connectivity index (χ0n) is 9.08. The molecule has 1 N–H and O–H groups in total. The van der Waals surface area contributed by atoms with E-state index in [-0.39, 0.29) is 18.6 Å². The molecule has 0 aliphatic carbocycles. The van der Waals surface area contributed by atoms with E-state index in [2.05, 4.69) is 5.43 Å². The van der Waals surface area contributed by atoms with Gasteiger partial charge in [0.1, 0.15) is 6.61 Å². The Morgan fingerprint density at radius 1 is 1.36 bits per heavy atom. The molecular formula is C10H20N2O2. The number of hydrazine groups is 1. The van der Waals surface area contributed by atoms with Gasteiger partial charge in [-0.1, -0.05) is 6.42 Å². The number of amides is 1. The molecule has 4 heteroatoms. The molecule has 4 nitrogen and oxygen atoms in total. The Kier molecular flexibility index (Phi) is 4.90. The van der Waals surface area contributed by atoms with E-state index in [1.54, 1.807) is 0 Å². The molecule has 0 aromatic heterocycles. The number of hydrogen-bond donors (Lipinski definition) is 1. The Balaban J connectivity index is 2.12. The molecule has 1 aliphatic rings. The summed E-state index contributed by atoms with van der Waals surface area (Å²) in [6.07, 6.45) is 3.73. The number of carbonyl (C=O) groups is 1. The van der Waals surface area contributed by atoms with E-state index in [0.717, 1.165) is 13.1 Å². The van der Waals surface area contributed by atoms with E-state index in [1.807, 2.05) is 18.9 Å². The maximum atomic E-state index is 11.3. The molecule has 0 radical (unpaired) electrons. The van der Waals surface area contributed by atoms with Crippen molar-refractivity contribution in [3.05, 3.63) is 0 Å². The van der Waals surface area contributed by atoms with Crippen molar-refractivity contribution in [3.8, 4) is 0 Å². The zero-order chi connectivity index (χ0) is 10.4. The highest BCUT2D eigenvalue weighted by molar-refractivity contribution is 5.76. The summed E-state index contributed by atoms with van der Waals surface area (Å²) in [4.78, 5) is 11.3. The average Bonchev–Trinajstić information content (AvgIpc) is 2.16. The molecular weight excluding hydrogens is 180 g/mol. The minimum atomic E-state index is -0.0411. The Bertz CT molecular complexity index is 177. The normalized spacial score (nSPS) is 18.5. The first-order valence-electron chi connectivity index (χ1n) is 5.34. The van der Waals surface area contributed by atoms with Crippen LogP contribution in [0.3, 0.4) is 0 Å². The largest absolute Gasteiger partial charge is 0.369 e. The van der Waals surface area contributed by atoms with Crippen molar-refractivity contribution >= 4 is 5.91 Å². The molecule has 0 bridgehead atoms. The Morgan fingerprint density at radius 2 is 2.00 bits per heavy atom. The highest BCUT2D eigenvalue weighted by Gasteiger charge is 2.12. The van der Waals surface area contributed by atoms with Crippen molar-refractivity contribution in [1.29, 1.82) is 0 Å². The van der Waals surface area contributed by atoms with Gasteiger partial charge in [0.05, 0.1) is 6.10 Å². The second-order valence-corrected chi connectivity index (χ2v) is 3.94. The van der Waals surface area contributed by atoms with Crippen molar-refractivity contribution in [2.45, 2.75) is 39.2 Å². The summed E-state index contributed by atoms with van der Waals surface area (Å²) < 4.78 is 5.21. The number of nitrogens with zero attached hydrogens (tertiary/aromatic N) is 1. The first kappa shape index (κ1) is 11.5. The molecule has 0 saturated carbocycles. The molecule has 0 unspecified atom stereocenters. The average molecular weight is 200 g/mol. The van der Waals surface area contributed by atoms with Gasteiger partial charge in [-0.2, -0.15) is 0 Å². The molecule has 1 heterocycles. The summed E-state index contributed by atoms with van der Waals surface area (Å²) in [6.45, 7) is 5.94. The summed E-state index contributed by atoms with van der Waals surface area (Å²) in [5.41, 5.74) is 2.84. The van der Waals surface area contributed by atoms with Crippen LogP contribution < -0.4 is 5.43 Å². The lowest BCUT2D eigenvalue weighted by Gasteiger charge is -2.26. The Labute approximate surface area is 85.6 Å². The smallest absolute Gasteiger partial charge is 0.260 e. The first-order valence-corrected chi connectivity index (χ1v) is 5.34. The van der Waals surface area contributed by atoms with Gasteiger partial charge in [-0.3, -0.25) is 10.2 Å². The fourth-order valence-electron chi connectivity index (χ4n) is 1.46. The van der Waals surface area contributed by atoms with Gasteiger partial charge >= 0.3 is 0 Å². The number of ether oxygens (including phenoxy) is 1. The third-order valence-electron chi connectivity index (χ3n) is 2.19. The molecule has 1 aliphatic heterocycles. The van der Waals surface area contributed by atoms with E-state index < -0.39 is 0 Å². The van der Waals surface area contributed by atoms with Crippen LogP contribution in [0.25, 0.3) is 0 Å². The summed E-state index contributed by atoms with van der Waals surface area (Å²) in [6, 6.07) is 0. The second-order valence-electron chi connectivity index (χ2n) is 3.94. The monoisotopic (exact) mass is 200 g/mol. The number of nitrogens with one attached hydrogen (secondary N) is 1. The van der Waals surface area contributed by atoms with Crippen LogP contribution in [0.15, 0.2) is 0 Å². The van der Waals surface area contributed by atoms with Crippen LogP contribution >= 0.6 is 0 Å². The SMILES string of the molecule is CC(C)OCC(=O)NN1CCCCC1. The van der Waals surface area contributed by atoms with Gasteiger partial charge < -0.3 is 4.74 Å². The predicted octanol–water partition coefficient (Wildman–Crippen LogP) is 0.928. The number of carbonyl (C=O) groups excluding carboxylic acids is 1. The summed E-state index contributed by atoms with van der Waals surface area (Å²) in [5.74, 6) is -0.0411. The van der Waals surface area contributed by atoms with Gasteiger partial charge in [0.2, 0.25) is 0 Å². The Hall–Kier alpha value is -0.610. The highest BCUT2D eigenvalue weighted by Crippen LogP contribution is 2.05. The van der Waals surface area contributed by atoms with Crippen LogP contribution in [0.1, 0.15) is 33.1 Å². The van der Waals surface area contributed by atoms with Crippen LogP contribution in [-0.2, 0) is 9.53 Å². The standard InChI is InChI=1S/C10H20N2O2/c1-9(2)14-8-10(13)11-12-6-4-3-5-7-12/h9H,3-8H2,1-2H3,(H,11,13). The molecule has 0 atom stereocenters. The van der Waals surface area contributed by atoms with Crippen LogP contribution in [0, 0.1) is 0 Å². The molecule has 82 valence electrons. The maximum absolute atomic E-state index is 11.3. The summed E-state index contributed by atoms with van der Waals surface area (Å²) in [5, 5.41) is 1.98. The first-order chi connectivity index (χ1) is 6.68. The quantitative estimate of drug-likeness (QED) is 0.734. The molecule has 1 saturated heterocycles. The lowest BCUT2D eigenvalue weighted by molar-refractivity contribution is -0.132. The van der Waals surface area contributed by atoms with Crippen molar-refractivity contribution < 1.29 is 9.53 Å². The van der Waals surface area contributed by atoms with Gasteiger partial charge in [-0.25, -0.2) is 5.01 Å².